The molecule has 7 heteroatoms. The van der Waals surface area contributed by atoms with E-state index in [1.54, 1.807) is 24.3 Å². The van der Waals surface area contributed by atoms with Crippen LogP contribution in [0.4, 0.5) is 15.5 Å². The Morgan fingerprint density at radius 2 is 1.80 bits per heavy atom. The maximum atomic E-state index is 12.3. The van der Waals surface area contributed by atoms with Gasteiger partial charge in [-0.3, -0.25) is 10.1 Å². The number of rotatable bonds is 7. The van der Waals surface area contributed by atoms with Crippen LogP contribution in [0.15, 0.2) is 42.5 Å². The van der Waals surface area contributed by atoms with Gasteiger partial charge in [-0.1, -0.05) is 32.0 Å². The van der Waals surface area contributed by atoms with Crippen LogP contribution in [0.1, 0.15) is 29.9 Å². The summed E-state index contributed by atoms with van der Waals surface area (Å²) >= 11 is 1.23. The minimum absolute atomic E-state index is 0.0487. The van der Waals surface area contributed by atoms with Gasteiger partial charge in [0.1, 0.15) is 0 Å². The van der Waals surface area contributed by atoms with E-state index in [4.69, 9.17) is 5.73 Å². The van der Waals surface area contributed by atoms with Crippen molar-refractivity contribution < 1.29 is 9.59 Å². The minimum Gasteiger partial charge on any atom is -0.347 e. The topological polar surface area (TPSA) is 96.2 Å². The van der Waals surface area contributed by atoms with Gasteiger partial charge in [-0.2, -0.15) is 0 Å². The fourth-order valence-corrected chi connectivity index (χ4v) is 3.17. The number of hydrogen-bond donors (Lipinski definition) is 4. The largest absolute Gasteiger partial charge is 0.347 e. The lowest BCUT2D eigenvalue weighted by molar-refractivity contribution is 0.0938. The first kappa shape index (κ1) is 19.0. The second kappa shape index (κ2) is 9.19. The number of benzene rings is 1. The molecule has 0 spiro atoms. The van der Waals surface area contributed by atoms with Crippen LogP contribution < -0.4 is 21.7 Å². The zero-order chi connectivity index (χ0) is 18.2. The molecule has 25 heavy (non-hydrogen) atoms. The van der Waals surface area contributed by atoms with Gasteiger partial charge in [0.15, 0.2) is 0 Å². The number of anilines is 2. The van der Waals surface area contributed by atoms with Crippen molar-refractivity contribution in [1.29, 1.82) is 0 Å². The summed E-state index contributed by atoms with van der Waals surface area (Å²) in [5, 5.41) is 9.00. The van der Waals surface area contributed by atoms with E-state index in [0.29, 0.717) is 28.0 Å². The van der Waals surface area contributed by atoms with Crippen LogP contribution in [-0.2, 0) is 0 Å². The van der Waals surface area contributed by atoms with Gasteiger partial charge < -0.3 is 16.4 Å². The summed E-state index contributed by atoms with van der Waals surface area (Å²) in [4.78, 5) is 24.8. The zero-order valence-corrected chi connectivity index (χ0v) is 15.2. The van der Waals surface area contributed by atoms with E-state index in [1.165, 1.54) is 11.3 Å². The summed E-state index contributed by atoms with van der Waals surface area (Å²) in [5.41, 5.74) is 6.42. The first-order valence-electron chi connectivity index (χ1n) is 8.21. The van der Waals surface area contributed by atoms with Crippen LogP contribution in [0.2, 0.25) is 0 Å². The number of hydrogen-bond acceptors (Lipinski definition) is 4. The molecule has 3 amide bonds. The Balaban J connectivity index is 1.90. The molecular formula is C18H24N4O2S. The lowest BCUT2D eigenvalue weighted by Gasteiger charge is -2.18. The molecule has 0 fully saturated rings. The van der Waals surface area contributed by atoms with Gasteiger partial charge in [-0.05, 0) is 36.6 Å². The third kappa shape index (κ3) is 6.21. The Labute approximate surface area is 151 Å². The third-order valence-corrected chi connectivity index (χ3v) is 4.47. The van der Waals surface area contributed by atoms with E-state index in [1.807, 2.05) is 18.2 Å². The van der Waals surface area contributed by atoms with E-state index in [9.17, 15) is 9.59 Å². The van der Waals surface area contributed by atoms with Gasteiger partial charge in [0.25, 0.3) is 5.91 Å². The molecule has 2 aromatic rings. The van der Waals surface area contributed by atoms with Gasteiger partial charge in [0.2, 0.25) is 0 Å². The number of thiophene rings is 1. The molecule has 0 aliphatic rings. The molecule has 1 unspecified atom stereocenters. The molecule has 0 aliphatic heterocycles. The molecule has 134 valence electrons. The molecule has 1 aromatic heterocycles. The van der Waals surface area contributed by atoms with Crippen molar-refractivity contribution in [2.24, 2.45) is 11.7 Å². The number of nitrogens with one attached hydrogen (secondary N) is 3. The fourth-order valence-electron chi connectivity index (χ4n) is 2.36. The maximum Gasteiger partial charge on any atom is 0.324 e. The molecule has 0 radical (unpaired) electrons. The first-order chi connectivity index (χ1) is 12.0. The molecule has 0 saturated heterocycles. The molecule has 6 nitrogen and oxygen atoms in total. The summed E-state index contributed by atoms with van der Waals surface area (Å²) in [6, 6.07) is 12.2. The summed E-state index contributed by atoms with van der Waals surface area (Å²) < 4.78 is 0. The molecule has 1 heterocycles. The molecule has 0 saturated carbocycles. The summed E-state index contributed by atoms with van der Waals surface area (Å²) in [6.45, 7) is 4.58. The lowest BCUT2D eigenvalue weighted by atomic mass is 10.0. The van der Waals surface area contributed by atoms with Gasteiger partial charge in [0.05, 0.1) is 9.88 Å². The number of amides is 3. The number of carbonyl (C=O) groups is 2. The van der Waals surface area contributed by atoms with E-state index in [2.05, 4.69) is 29.8 Å². The Hall–Kier alpha value is -2.38. The minimum atomic E-state index is -0.348. The van der Waals surface area contributed by atoms with Crippen LogP contribution in [-0.4, -0.2) is 24.5 Å². The van der Waals surface area contributed by atoms with Crippen molar-refractivity contribution >= 4 is 34.0 Å². The Kier molecular flexibility index (Phi) is 6.97. The van der Waals surface area contributed by atoms with E-state index in [0.717, 1.165) is 6.42 Å². The van der Waals surface area contributed by atoms with Crippen LogP contribution in [0.5, 0.6) is 0 Å². The number of carbonyl (C=O) groups excluding carboxylic acids is 2. The Morgan fingerprint density at radius 1 is 1.08 bits per heavy atom. The van der Waals surface area contributed by atoms with E-state index in [-0.39, 0.29) is 18.0 Å². The van der Waals surface area contributed by atoms with E-state index >= 15 is 0 Å². The number of para-hydroxylation sites is 1. The SMILES string of the molecule is CC(C)CC(CN)NC(=O)c1ccc(NC(=O)Nc2ccccc2)s1. The maximum absolute atomic E-state index is 12.3. The van der Waals surface area contributed by atoms with Crippen molar-refractivity contribution in [2.75, 3.05) is 17.2 Å². The zero-order valence-electron chi connectivity index (χ0n) is 14.4. The standard InChI is InChI=1S/C18H24N4O2S/c1-12(2)10-14(11-19)20-17(23)15-8-9-16(25-15)22-18(24)21-13-6-4-3-5-7-13/h3-9,12,14H,10-11,19H2,1-2H3,(H,20,23)(H2,21,22,24). The summed E-state index contributed by atoms with van der Waals surface area (Å²) in [6.07, 6.45) is 0.832. The summed E-state index contributed by atoms with van der Waals surface area (Å²) in [5.74, 6) is 0.286. The average molecular weight is 360 g/mol. The van der Waals surface area contributed by atoms with Gasteiger partial charge in [-0.15, -0.1) is 11.3 Å². The van der Waals surface area contributed by atoms with Crippen molar-refractivity contribution in [3.8, 4) is 0 Å². The molecule has 1 atom stereocenters. The molecule has 0 bridgehead atoms. The quantitative estimate of drug-likeness (QED) is 0.608. The molecule has 2 rings (SSSR count). The van der Waals surface area contributed by atoms with Crippen molar-refractivity contribution in [2.45, 2.75) is 26.3 Å². The monoisotopic (exact) mass is 360 g/mol. The van der Waals surface area contributed by atoms with Crippen LogP contribution >= 0.6 is 11.3 Å². The predicted molar refractivity (Wildman–Crippen MR) is 103 cm³/mol. The average Bonchev–Trinajstić information content (AvgIpc) is 3.03. The van der Waals surface area contributed by atoms with E-state index < -0.39 is 0 Å². The third-order valence-electron chi connectivity index (χ3n) is 3.47. The van der Waals surface area contributed by atoms with Crippen molar-refractivity contribution in [3.05, 3.63) is 47.3 Å². The number of urea groups is 1. The highest BCUT2D eigenvalue weighted by Gasteiger charge is 2.16. The second-order valence-corrected chi connectivity index (χ2v) is 7.23. The highest BCUT2D eigenvalue weighted by atomic mass is 32.1. The normalized spacial score (nSPS) is 11.8. The highest BCUT2D eigenvalue weighted by Crippen LogP contribution is 2.22. The molecule has 1 aromatic carbocycles. The van der Waals surface area contributed by atoms with Crippen LogP contribution in [0.3, 0.4) is 0 Å². The summed E-state index contributed by atoms with van der Waals surface area (Å²) in [7, 11) is 0. The van der Waals surface area contributed by atoms with Crippen molar-refractivity contribution in [1.82, 2.24) is 5.32 Å². The Morgan fingerprint density at radius 3 is 2.44 bits per heavy atom. The smallest absolute Gasteiger partial charge is 0.324 e. The molecule has 5 N–H and O–H groups in total. The highest BCUT2D eigenvalue weighted by molar-refractivity contribution is 7.18. The second-order valence-electron chi connectivity index (χ2n) is 6.14. The van der Waals surface area contributed by atoms with Crippen LogP contribution in [0, 0.1) is 5.92 Å². The Bertz CT molecular complexity index is 700. The van der Waals surface area contributed by atoms with Crippen LogP contribution in [0.25, 0.3) is 0 Å². The lowest BCUT2D eigenvalue weighted by Crippen LogP contribution is -2.40. The number of nitrogens with two attached hydrogens (primary N) is 1. The van der Waals surface area contributed by atoms with Crippen molar-refractivity contribution in [3.63, 3.8) is 0 Å². The first-order valence-corrected chi connectivity index (χ1v) is 9.03. The molecule has 0 aliphatic carbocycles. The van der Waals surface area contributed by atoms with Gasteiger partial charge in [0, 0.05) is 18.3 Å². The van der Waals surface area contributed by atoms with Gasteiger partial charge in [-0.25, -0.2) is 4.79 Å². The molecular weight excluding hydrogens is 336 g/mol. The fraction of sp³-hybridized carbons (Fsp3) is 0.333. The predicted octanol–water partition coefficient (Wildman–Crippen LogP) is 3.50. The van der Waals surface area contributed by atoms with Gasteiger partial charge >= 0.3 is 6.03 Å².